The number of nitrogens with zero attached hydrogens (tertiary/aromatic N) is 1. The number of benzene rings is 2. The van der Waals surface area contributed by atoms with Crippen molar-refractivity contribution in [2.75, 3.05) is 18.2 Å². The van der Waals surface area contributed by atoms with E-state index < -0.39 is 0 Å². The average molecular weight is 462 g/mol. The third-order valence-electron chi connectivity index (χ3n) is 4.51. The van der Waals surface area contributed by atoms with Gasteiger partial charge in [-0.1, -0.05) is 34.4 Å². The molecule has 162 valence electrons. The summed E-state index contributed by atoms with van der Waals surface area (Å²) in [5, 5.41) is 7.14. The van der Waals surface area contributed by atoms with E-state index in [1.165, 1.54) is 18.2 Å². The highest BCUT2D eigenvalue weighted by molar-refractivity contribution is 6.39. The van der Waals surface area contributed by atoms with E-state index in [0.717, 1.165) is 16.8 Å². The van der Waals surface area contributed by atoms with Crippen LogP contribution in [0.4, 0.5) is 11.4 Å². The largest absolute Gasteiger partial charge is 0.493 e. The molecule has 0 aliphatic rings. The fourth-order valence-corrected chi connectivity index (χ4v) is 3.26. The smallest absolute Gasteiger partial charge is 0.248 e. The Morgan fingerprint density at radius 3 is 2.52 bits per heavy atom. The molecule has 3 N–H and O–H groups in total. The van der Waals surface area contributed by atoms with Crippen LogP contribution in [-0.2, 0) is 11.4 Å². The number of hydrogen-bond acceptors (Lipinski definition) is 6. The van der Waals surface area contributed by atoms with Gasteiger partial charge in [-0.25, -0.2) is 0 Å². The molecule has 0 aliphatic carbocycles. The number of aromatic nitrogens is 1. The number of carbonyl (C=O) groups excluding carboxylic acids is 1. The van der Waals surface area contributed by atoms with E-state index in [1.54, 1.807) is 25.3 Å². The van der Waals surface area contributed by atoms with Gasteiger partial charge < -0.3 is 25.0 Å². The van der Waals surface area contributed by atoms with Crippen LogP contribution in [0.15, 0.2) is 40.9 Å². The van der Waals surface area contributed by atoms with Crippen molar-refractivity contribution < 1.29 is 18.8 Å². The zero-order chi connectivity index (χ0) is 22.5. The second-order valence-electron chi connectivity index (χ2n) is 6.68. The van der Waals surface area contributed by atoms with Gasteiger partial charge in [-0.3, -0.25) is 4.79 Å². The number of anilines is 2. The number of aryl methyl sites for hydroxylation is 2. The average Bonchev–Trinajstić information content (AvgIpc) is 3.06. The van der Waals surface area contributed by atoms with E-state index in [4.69, 9.17) is 42.9 Å². The Balaban J connectivity index is 1.67. The van der Waals surface area contributed by atoms with Gasteiger partial charge in [0.2, 0.25) is 5.91 Å². The van der Waals surface area contributed by atoms with Crippen LogP contribution in [-0.4, -0.2) is 18.2 Å². The Morgan fingerprint density at radius 2 is 1.90 bits per heavy atom. The van der Waals surface area contributed by atoms with Gasteiger partial charge in [0.05, 0.1) is 34.1 Å². The van der Waals surface area contributed by atoms with E-state index in [2.05, 4.69) is 10.5 Å². The number of hydrogen-bond donors (Lipinski definition) is 2. The quantitative estimate of drug-likeness (QED) is 0.359. The molecule has 1 aromatic heterocycles. The summed E-state index contributed by atoms with van der Waals surface area (Å²) < 4.78 is 16.4. The lowest BCUT2D eigenvalue weighted by Gasteiger charge is -2.11. The first-order chi connectivity index (χ1) is 14.8. The second-order valence-corrected chi connectivity index (χ2v) is 7.49. The molecule has 1 heterocycles. The van der Waals surface area contributed by atoms with Gasteiger partial charge in [-0.2, -0.15) is 0 Å². The topological polar surface area (TPSA) is 99.6 Å². The van der Waals surface area contributed by atoms with E-state index in [9.17, 15) is 4.79 Å². The van der Waals surface area contributed by atoms with Crippen LogP contribution >= 0.6 is 23.2 Å². The first-order valence-corrected chi connectivity index (χ1v) is 10.00. The van der Waals surface area contributed by atoms with Crippen molar-refractivity contribution in [2.24, 2.45) is 0 Å². The van der Waals surface area contributed by atoms with Crippen molar-refractivity contribution in [3.63, 3.8) is 0 Å². The SMILES string of the molecule is COc1cc(/C=C/C(=O)Nc2cc(Cl)c(N)c(Cl)c2)ccc1OCc1c(C)noc1C. The second kappa shape index (κ2) is 9.76. The minimum Gasteiger partial charge on any atom is -0.493 e. The summed E-state index contributed by atoms with van der Waals surface area (Å²) in [4.78, 5) is 12.2. The van der Waals surface area contributed by atoms with Crippen molar-refractivity contribution in [2.45, 2.75) is 20.5 Å². The number of nitrogens with one attached hydrogen (secondary N) is 1. The molecule has 0 fully saturated rings. The lowest BCUT2D eigenvalue weighted by molar-refractivity contribution is -0.111. The molecule has 3 aromatic rings. The highest BCUT2D eigenvalue weighted by Gasteiger charge is 2.12. The van der Waals surface area contributed by atoms with Crippen LogP contribution in [0.5, 0.6) is 11.5 Å². The summed E-state index contributed by atoms with van der Waals surface area (Å²) in [6, 6.07) is 8.41. The van der Waals surface area contributed by atoms with Gasteiger partial charge in [0.15, 0.2) is 11.5 Å². The standard InChI is InChI=1S/C22H21Cl2N3O4/c1-12-16(13(2)31-27-12)11-30-19-6-4-14(8-20(19)29-3)5-7-21(28)26-15-9-17(23)22(25)18(24)10-15/h4-10H,11,25H2,1-3H3,(H,26,28)/b7-5+. The van der Waals surface area contributed by atoms with Crippen LogP contribution < -0.4 is 20.5 Å². The number of ether oxygens (including phenoxy) is 2. The van der Waals surface area contributed by atoms with E-state index in [-0.39, 0.29) is 21.6 Å². The maximum Gasteiger partial charge on any atom is 0.248 e. The monoisotopic (exact) mass is 461 g/mol. The molecule has 0 radical (unpaired) electrons. The lowest BCUT2D eigenvalue weighted by Crippen LogP contribution is -2.08. The van der Waals surface area contributed by atoms with Crippen molar-refractivity contribution >= 4 is 46.6 Å². The Kier molecular flexibility index (Phi) is 7.09. The van der Waals surface area contributed by atoms with Gasteiger partial charge in [0.1, 0.15) is 12.4 Å². The minimum atomic E-state index is -0.352. The molecule has 0 atom stereocenters. The van der Waals surface area contributed by atoms with E-state index in [0.29, 0.717) is 29.6 Å². The zero-order valence-electron chi connectivity index (χ0n) is 17.2. The lowest BCUT2D eigenvalue weighted by atomic mass is 10.1. The first kappa shape index (κ1) is 22.5. The highest BCUT2D eigenvalue weighted by Crippen LogP contribution is 2.32. The Morgan fingerprint density at radius 1 is 1.19 bits per heavy atom. The Bertz CT molecular complexity index is 1100. The molecular weight excluding hydrogens is 441 g/mol. The summed E-state index contributed by atoms with van der Waals surface area (Å²) in [7, 11) is 1.55. The van der Waals surface area contributed by atoms with Crippen molar-refractivity contribution in [1.82, 2.24) is 5.16 Å². The molecule has 0 unspecified atom stereocenters. The molecular formula is C22H21Cl2N3O4. The molecule has 0 spiro atoms. The molecule has 1 amide bonds. The Labute approximate surface area is 189 Å². The number of methoxy groups -OCH3 is 1. The van der Waals surface area contributed by atoms with Crippen LogP contribution in [0.2, 0.25) is 10.0 Å². The molecule has 0 aliphatic heterocycles. The molecule has 0 saturated carbocycles. The summed E-state index contributed by atoms with van der Waals surface area (Å²) in [5.74, 6) is 1.46. The molecule has 7 nitrogen and oxygen atoms in total. The van der Waals surface area contributed by atoms with Crippen LogP contribution in [0.25, 0.3) is 6.08 Å². The van der Waals surface area contributed by atoms with Gasteiger partial charge in [-0.05, 0) is 49.8 Å². The van der Waals surface area contributed by atoms with Crippen molar-refractivity contribution in [3.05, 3.63) is 69.0 Å². The van der Waals surface area contributed by atoms with Gasteiger partial charge >= 0.3 is 0 Å². The zero-order valence-corrected chi connectivity index (χ0v) is 18.7. The third-order valence-corrected chi connectivity index (χ3v) is 5.14. The molecule has 3 rings (SSSR count). The van der Waals surface area contributed by atoms with Crippen molar-refractivity contribution in [1.29, 1.82) is 0 Å². The number of nitrogens with two attached hydrogens (primary N) is 1. The molecule has 0 saturated heterocycles. The summed E-state index contributed by atoms with van der Waals surface area (Å²) in [5.41, 5.74) is 8.84. The molecule has 2 aromatic carbocycles. The normalized spacial score (nSPS) is 11.0. The van der Waals surface area contributed by atoms with Crippen molar-refractivity contribution in [3.8, 4) is 11.5 Å². The fourth-order valence-electron chi connectivity index (χ4n) is 2.78. The maximum atomic E-state index is 12.2. The van der Waals surface area contributed by atoms with Crippen LogP contribution in [0.1, 0.15) is 22.6 Å². The summed E-state index contributed by atoms with van der Waals surface area (Å²) in [6.45, 7) is 4.00. The summed E-state index contributed by atoms with van der Waals surface area (Å²) in [6.07, 6.45) is 3.04. The molecule has 9 heteroatoms. The minimum absolute atomic E-state index is 0.264. The van der Waals surface area contributed by atoms with Gasteiger partial charge in [-0.15, -0.1) is 0 Å². The number of halogens is 2. The van der Waals surface area contributed by atoms with Gasteiger partial charge in [0, 0.05) is 11.8 Å². The Hall–Kier alpha value is -3.16. The van der Waals surface area contributed by atoms with E-state index in [1.807, 2.05) is 19.9 Å². The molecule has 31 heavy (non-hydrogen) atoms. The summed E-state index contributed by atoms with van der Waals surface area (Å²) >= 11 is 12.0. The maximum absolute atomic E-state index is 12.2. The van der Waals surface area contributed by atoms with E-state index >= 15 is 0 Å². The number of carbonyl (C=O) groups is 1. The van der Waals surface area contributed by atoms with Gasteiger partial charge in [0.25, 0.3) is 0 Å². The number of nitrogen functional groups attached to an aromatic ring is 1. The fraction of sp³-hybridized carbons (Fsp3) is 0.182. The van der Waals surface area contributed by atoms with Crippen LogP contribution in [0, 0.1) is 13.8 Å². The third kappa shape index (κ3) is 5.51. The molecule has 0 bridgehead atoms. The number of rotatable bonds is 7. The highest BCUT2D eigenvalue weighted by atomic mass is 35.5. The number of amides is 1. The predicted molar refractivity (Wildman–Crippen MR) is 122 cm³/mol. The first-order valence-electron chi connectivity index (χ1n) is 9.24. The predicted octanol–water partition coefficient (Wildman–Crippen LogP) is 5.42. The van der Waals surface area contributed by atoms with Crippen LogP contribution in [0.3, 0.4) is 0 Å².